The summed E-state index contributed by atoms with van der Waals surface area (Å²) in [4.78, 5) is 12.3. The van der Waals surface area contributed by atoms with Crippen LogP contribution in [0.5, 0.6) is 5.75 Å². The van der Waals surface area contributed by atoms with Gasteiger partial charge in [-0.2, -0.15) is 0 Å². The van der Waals surface area contributed by atoms with Crippen molar-refractivity contribution in [2.45, 2.75) is 25.7 Å². The fourth-order valence-corrected chi connectivity index (χ4v) is 3.66. The Balaban J connectivity index is 1.61. The van der Waals surface area contributed by atoms with Gasteiger partial charge in [-0.25, -0.2) is 13.1 Å². The summed E-state index contributed by atoms with van der Waals surface area (Å²) in [5.74, 6) is 0.631. The number of nitrogens with one attached hydrogen (secondary N) is 2. The van der Waals surface area contributed by atoms with Crippen LogP contribution >= 0.6 is 0 Å². The molecule has 0 aliphatic heterocycles. The Morgan fingerprint density at radius 3 is 2.35 bits per heavy atom. The van der Waals surface area contributed by atoms with Crippen molar-refractivity contribution >= 4 is 27.4 Å². The number of hydrogen-bond donors (Lipinski definition) is 2. The molecule has 2 N–H and O–H groups in total. The van der Waals surface area contributed by atoms with Gasteiger partial charge in [0.15, 0.2) is 5.78 Å². The number of anilines is 2. The second kappa shape index (κ2) is 9.48. The van der Waals surface area contributed by atoms with Crippen LogP contribution in [0, 0.1) is 13.8 Å². The highest BCUT2D eigenvalue weighted by Gasteiger charge is 2.19. The fourth-order valence-electron chi connectivity index (χ4n) is 2.61. The molecule has 1 aromatic heterocycles. The first kappa shape index (κ1) is 22.1. The number of hydrogen-bond acceptors (Lipinski definition) is 7. The lowest BCUT2D eigenvalue weighted by molar-refractivity contribution is 0.104. The van der Waals surface area contributed by atoms with Crippen molar-refractivity contribution in [2.75, 3.05) is 16.6 Å². The van der Waals surface area contributed by atoms with Gasteiger partial charge >= 0.3 is 0 Å². The molecule has 31 heavy (non-hydrogen) atoms. The van der Waals surface area contributed by atoms with E-state index in [9.17, 15) is 13.2 Å². The number of sulfonamides is 1. The van der Waals surface area contributed by atoms with Crippen molar-refractivity contribution in [3.05, 3.63) is 77.6 Å². The molecule has 2 aromatic carbocycles. The number of allylic oxidation sites excluding steroid dienone is 1. The molecule has 0 radical (unpaired) electrons. The Labute approximate surface area is 181 Å². The zero-order chi connectivity index (χ0) is 22.4. The van der Waals surface area contributed by atoms with Crippen LogP contribution in [0.1, 0.15) is 28.5 Å². The molecule has 0 spiro atoms. The fraction of sp³-hybridized carbons (Fsp3) is 0.182. The average molecular weight is 442 g/mol. The minimum absolute atomic E-state index is 0.0703. The predicted molar refractivity (Wildman–Crippen MR) is 118 cm³/mol. The smallest absolute Gasteiger partial charge is 0.264 e. The average Bonchev–Trinajstić information content (AvgIpc) is 3.06. The van der Waals surface area contributed by atoms with E-state index in [4.69, 9.17) is 9.26 Å². The number of aryl methyl sites for hydroxylation is 1. The van der Waals surface area contributed by atoms with E-state index in [0.717, 1.165) is 0 Å². The van der Waals surface area contributed by atoms with Crippen LogP contribution in [0.4, 0.5) is 11.6 Å². The molecule has 0 saturated heterocycles. The van der Waals surface area contributed by atoms with E-state index in [0.29, 0.717) is 34.9 Å². The number of rotatable bonds is 9. The third kappa shape index (κ3) is 5.52. The van der Waals surface area contributed by atoms with Crippen molar-refractivity contribution in [3.8, 4) is 5.75 Å². The van der Waals surface area contributed by atoms with Crippen LogP contribution in [-0.2, 0) is 10.0 Å². The Bertz CT molecular complexity index is 1180. The number of carbonyl (C=O) groups excluding carboxylic acids is 1. The largest absolute Gasteiger partial charge is 0.494 e. The highest BCUT2D eigenvalue weighted by atomic mass is 32.2. The maximum Gasteiger partial charge on any atom is 0.264 e. The van der Waals surface area contributed by atoms with Gasteiger partial charge in [-0.15, -0.1) is 0 Å². The number of carbonyl (C=O) groups is 1. The second-order valence-corrected chi connectivity index (χ2v) is 8.33. The van der Waals surface area contributed by atoms with E-state index in [1.807, 2.05) is 6.92 Å². The molecule has 0 unspecified atom stereocenters. The van der Waals surface area contributed by atoms with Crippen LogP contribution in [0.3, 0.4) is 0 Å². The van der Waals surface area contributed by atoms with Gasteiger partial charge in [0.2, 0.25) is 5.88 Å². The molecule has 0 atom stereocenters. The summed E-state index contributed by atoms with van der Waals surface area (Å²) in [5.41, 5.74) is 2.40. The predicted octanol–water partition coefficient (Wildman–Crippen LogP) is 4.30. The van der Waals surface area contributed by atoms with Crippen LogP contribution < -0.4 is 14.8 Å². The second-order valence-electron chi connectivity index (χ2n) is 6.65. The molecule has 8 nitrogen and oxygen atoms in total. The zero-order valence-corrected chi connectivity index (χ0v) is 18.2. The van der Waals surface area contributed by atoms with Gasteiger partial charge in [-0.3, -0.25) is 4.79 Å². The van der Waals surface area contributed by atoms with E-state index in [1.165, 1.54) is 24.4 Å². The number of ether oxygens (including phenoxy) is 1. The highest BCUT2D eigenvalue weighted by molar-refractivity contribution is 7.92. The van der Waals surface area contributed by atoms with E-state index < -0.39 is 10.0 Å². The molecule has 3 rings (SSSR count). The summed E-state index contributed by atoms with van der Waals surface area (Å²) in [6, 6.07) is 13.0. The number of aromatic nitrogens is 1. The van der Waals surface area contributed by atoms with Gasteiger partial charge in [-0.05, 0) is 69.3 Å². The first-order valence-electron chi connectivity index (χ1n) is 9.56. The summed E-state index contributed by atoms with van der Waals surface area (Å²) >= 11 is 0. The normalized spacial score (nSPS) is 11.5. The van der Waals surface area contributed by atoms with E-state index in [1.54, 1.807) is 50.2 Å². The lowest BCUT2D eigenvalue weighted by atomic mass is 10.1. The third-order valence-corrected chi connectivity index (χ3v) is 5.83. The van der Waals surface area contributed by atoms with Crippen LogP contribution in [0.2, 0.25) is 0 Å². The highest BCUT2D eigenvalue weighted by Crippen LogP contribution is 2.22. The van der Waals surface area contributed by atoms with E-state index in [-0.39, 0.29) is 16.6 Å². The van der Waals surface area contributed by atoms with Crippen molar-refractivity contribution < 1.29 is 22.5 Å². The maximum absolute atomic E-state index is 12.5. The van der Waals surface area contributed by atoms with Gasteiger partial charge in [0.05, 0.1) is 17.2 Å². The Hall–Kier alpha value is -3.59. The number of nitrogens with zero attached hydrogens (tertiary/aromatic N) is 1. The van der Waals surface area contributed by atoms with Crippen molar-refractivity contribution in [2.24, 2.45) is 0 Å². The molecule has 1 heterocycles. The molecule has 0 bridgehead atoms. The number of benzene rings is 2. The molecule has 0 amide bonds. The molecule has 0 aliphatic rings. The van der Waals surface area contributed by atoms with Crippen molar-refractivity contribution in [1.82, 2.24) is 5.16 Å². The van der Waals surface area contributed by atoms with Gasteiger partial charge in [0.1, 0.15) is 5.75 Å². The van der Waals surface area contributed by atoms with Crippen LogP contribution in [0.15, 0.2) is 70.2 Å². The number of ketones is 1. The van der Waals surface area contributed by atoms with Gasteiger partial charge in [0, 0.05) is 29.1 Å². The zero-order valence-electron chi connectivity index (χ0n) is 17.4. The lowest BCUT2D eigenvalue weighted by Crippen LogP contribution is -2.13. The van der Waals surface area contributed by atoms with Crippen molar-refractivity contribution in [3.63, 3.8) is 0 Å². The van der Waals surface area contributed by atoms with Crippen LogP contribution in [-0.4, -0.2) is 26.0 Å². The van der Waals surface area contributed by atoms with E-state index >= 15 is 0 Å². The minimum Gasteiger partial charge on any atom is -0.494 e. The summed E-state index contributed by atoms with van der Waals surface area (Å²) in [7, 11) is -3.81. The Morgan fingerprint density at radius 2 is 1.77 bits per heavy atom. The van der Waals surface area contributed by atoms with Gasteiger partial charge in [-0.1, -0.05) is 5.16 Å². The molecule has 9 heteroatoms. The quantitative estimate of drug-likeness (QED) is 0.376. The summed E-state index contributed by atoms with van der Waals surface area (Å²) in [6.07, 6.45) is 2.90. The lowest BCUT2D eigenvalue weighted by Gasteiger charge is -2.07. The SMILES string of the molecule is CCOc1ccc(C(=O)/C=C\Nc2ccc(S(=O)(=O)Nc3onc(C)c3C)cc2)cc1. The van der Waals surface area contributed by atoms with Gasteiger partial charge in [0.25, 0.3) is 10.0 Å². The molecule has 0 saturated carbocycles. The molecular weight excluding hydrogens is 418 g/mol. The maximum atomic E-state index is 12.5. The molecule has 162 valence electrons. The monoisotopic (exact) mass is 441 g/mol. The topological polar surface area (TPSA) is 111 Å². The Morgan fingerprint density at radius 1 is 1.10 bits per heavy atom. The Kier molecular flexibility index (Phi) is 6.76. The van der Waals surface area contributed by atoms with Crippen molar-refractivity contribution in [1.29, 1.82) is 0 Å². The molecule has 0 aliphatic carbocycles. The summed E-state index contributed by atoms with van der Waals surface area (Å²) in [5, 5.41) is 6.69. The summed E-state index contributed by atoms with van der Waals surface area (Å²) in [6.45, 7) is 5.90. The summed E-state index contributed by atoms with van der Waals surface area (Å²) < 4.78 is 37.8. The third-order valence-electron chi connectivity index (χ3n) is 4.48. The molecule has 3 aromatic rings. The van der Waals surface area contributed by atoms with E-state index in [2.05, 4.69) is 15.2 Å². The molecule has 0 fully saturated rings. The van der Waals surface area contributed by atoms with Gasteiger partial charge < -0.3 is 14.6 Å². The van der Waals surface area contributed by atoms with Crippen LogP contribution in [0.25, 0.3) is 0 Å². The first-order valence-corrected chi connectivity index (χ1v) is 11.0. The molecular formula is C22H23N3O5S. The minimum atomic E-state index is -3.81. The first-order chi connectivity index (χ1) is 14.8. The standard InChI is InChI=1S/C22H23N3O5S/c1-4-29-19-9-5-17(6-10-19)21(26)13-14-23-18-7-11-20(12-8-18)31(27,28)25-22-15(2)16(3)24-30-22/h5-14,23,25H,4H2,1-3H3/b14-13-.